The summed E-state index contributed by atoms with van der Waals surface area (Å²) >= 11 is 7.22. The Morgan fingerprint density at radius 2 is 1.97 bits per heavy atom. The first kappa shape index (κ1) is 19.3. The molecule has 0 atom stereocenters. The van der Waals surface area contributed by atoms with Gasteiger partial charge in [-0.15, -0.1) is 0 Å². The van der Waals surface area contributed by atoms with E-state index in [0.29, 0.717) is 38.1 Å². The summed E-state index contributed by atoms with van der Waals surface area (Å²) < 4.78 is 12.7. The summed E-state index contributed by atoms with van der Waals surface area (Å²) in [5.41, 5.74) is 2.12. The zero-order valence-electron chi connectivity index (χ0n) is 15.7. The third kappa shape index (κ3) is 3.66. The molecule has 8 heteroatoms. The summed E-state index contributed by atoms with van der Waals surface area (Å²) in [6.45, 7) is 2.22. The predicted molar refractivity (Wildman–Crippen MR) is 114 cm³/mol. The van der Waals surface area contributed by atoms with E-state index >= 15 is 0 Å². The molecule has 2 aromatic heterocycles. The minimum Gasteiger partial charge on any atom is -0.502 e. The fourth-order valence-corrected chi connectivity index (χ4v) is 4.03. The first-order valence-corrected chi connectivity index (χ1v) is 10.0. The van der Waals surface area contributed by atoms with Gasteiger partial charge in [-0.05, 0) is 42.8 Å². The minimum atomic E-state index is -0.164. The number of aromatic nitrogens is 2. The number of imidazole rings is 1. The molecule has 0 unspecified atom stereocenters. The highest BCUT2D eigenvalue weighted by molar-refractivity contribution is 7.15. The van der Waals surface area contributed by atoms with E-state index in [0.717, 1.165) is 5.56 Å². The molecule has 0 spiro atoms. The highest BCUT2D eigenvalue weighted by atomic mass is 35.5. The largest absolute Gasteiger partial charge is 0.502 e. The Kier molecular flexibility index (Phi) is 5.17. The number of nitrogens with zero attached hydrogens (tertiary/aromatic N) is 2. The number of fused-ring (bicyclic) bond motifs is 1. The average Bonchev–Trinajstić information content (AvgIpc) is 3.25. The van der Waals surface area contributed by atoms with Crippen LogP contribution in [0.1, 0.15) is 12.5 Å². The van der Waals surface area contributed by atoms with Gasteiger partial charge < -0.3 is 14.6 Å². The van der Waals surface area contributed by atoms with Crippen molar-refractivity contribution >= 4 is 34.0 Å². The van der Waals surface area contributed by atoms with Crippen LogP contribution in [0.25, 0.3) is 22.3 Å². The smallest absolute Gasteiger partial charge is 0.274 e. The van der Waals surface area contributed by atoms with Crippen LogP contribution in [0.2, 0.25) is 5.02 Å². The van der Waals surface area contributed by atoms with Gasteiger partial charge in [-0.1, -0.05) is 35.1 Å². The molecule has 6 nitrogen and oxygen atoms in total. The number of benzene rings is 2. The van der Waals surface area contributed by atoms with Crippen LogP contribution in [0.15, 0.2) is 47.4 Å². The van der Waals surface area contributed by atoms with E-state index in [2.05, 4.69) is 4.98 Å². The Bertz CT molecular complexity index is 1300. The highest BCUT2D eigenvalue weighted by Gasteiger charge is 2.13. The van der Waals surface area contributed by atoms with Gasteiger partial charge in [0.05, 0.1) is 23.9 Å². The maximum Gasteiger partial charge on any atom is 0.274 e. The van der Waals surface area contributed by atoms with Crippen LogP contribution < -0.4 is 19.6 Å². The second kappa shape index (κ2) is 7.77. The fraction of sp³-hybridized carbons (Fsp3) is 0.143. The Labute approximate surface area is 175 Å². The monoisotopic (exact) mass is 428 g/mol. The van der Waals surface area contributed by atoms with Crippen molar-refractivity contribution in [2.45, 2.75) is 6.92 Å². The lowest BCUT2D eigenvalue weighted by Gasteiger charge is -2.10. The molecule has 1 N–H and O–H groups in total. The van der Waals surface area contributed by atoms with Crippen molar-refractivity contribution < 1.29 is 14.6 Å². The molecule has 0 amide bonds. The summed E-state index contributed by atoms with van der Waals surface area (Å²) in [6, 6.07) is 10.6. The van der Waals surface area contributed by atoms with E-state index in [-0.39, 0.29) is 17.1 Å². The summed E-state index contributed by atoms with van der Waals surface area (Å²) in [4.78, 5) is 18.0. The van der Waals surface area contributed by atoms with Gasteiger partial charge in [-0.25, -0.2) is 4.98 Å². The summed E-state index contributed by atoms with van der Waals surface area (Å²) in [5, 5.41) is 10.8. The van der Waals surface area contributed by atoms with E-state index in [1.807, 2.05) is 19.1 Å². The van der Waals surface area contributed by atoms with Crippen molar-refractivity contribution in [2.24, 2.45) is 0 Å². The van der Waals surface area contributed by atoms with Crippen LogP contribution in [0.3, 0.4) is 0 Å². The van der Waals surface area contributed by atoms with Crippen LogP contribution in [0, 0.1) is 0 Å². The molecule has 4 rings (SSSR count). The summed E-state index contributed by atoms with van der Waals surface area (Å²) in [7, 11) is 1.46. The zero-order chi connectivity index (χ0) is 20.5. The Morgan fingerprint density at radius 1 is 1.24 bits per heavy atom. The number of phenols is 1. The normalized spacial score (nSPS) is 11.9. The van der Waals surface area contributed by atoms with Crippen molar-refractivity contribution in [2.75, 3.05) is 13.7 Å². The molecule has 0 saturated heterocycles. The number of hydrogen-bond acceptors (Lipinski definition) is 6. The third-order valence-electron chi connectivity index (χ3n) is 4.32. The van der Waals surface area contributed by atoms with E-state index < -0.39 is 0 Å². The van der Waals surface area contributed by atoms with Crippen molar-refractivity contribution in [3.05, 3.63) is 68.1 Å². The quantitative estimate of drug-likeness (QED) is 0.524. The molecular formula is C21H17ClN2O4S. The van der Waals surface area contributed by atoms with E-state index in [4.69, 9.17) is 21.1 Å². The number of aromatic hydroxyl groups is 1. The number of hydrogen-bond donors (Lipinski definition) is 1. The topological polar surface area (TPSA) is 73.1 Å². The Morgan fingerprint density at radius 3 is 2.62 bits per heavy atom. The molecule has 4 aromatic rings. The number of thiazole rings is 1. The average molecular weight is 429 g/mol. The number of ether oxygens (including phenoxy) is 2. The van der Waals surface area contributed by atoms with Crippen molar-refractivity contribution in [3.8, 4) is 28.5 Å². The SMILES string of the molecule is CCOc1cc(/C=c2\sc3nc(-c4ccc(Cl)cc4)cn3c2=O)cc(OC)c1O. The lowest BCUT2D eigenvalue weighted by molar-refractivity contribution is 0.305. The van der Waals surface area contributed by atoms with Gasteiger partial charge in [0.2, 0.25) is 5.75 Å². The van der Waals surface area contributed by atoms with Gasteiger partial charge in [-0.3, -0.25) is 9.20 Å². The van der Waals surface area contributed by atoms with Gasteiger partial charge in [0, 0.05) is 16.8 Å². The lowest BCUT2D eigenvalue weighted by atomic mass is 10.1. The molecule has 0 aliphatic heterocycles. The predicted octanol–water partition coefficient (Wildman–Crippen LogP) is 3.74. The first-order chi connectivity index (χ1) is 14.0. The van der Waals surface area contributed by atoms with Crippen molar-refractivity contribution in [3.63, 3.8) is 0 Å². The number of rotatable bonds is 5. The number of methoxy groups -OCH3 is 1. The second-order valence-corrected chi connectivity index (χ2v) is 7.65. The van der Waals surface area contributed by atoms with Gasteiger partial charge in [-0.2, -0.15) is 0 Å². The van der Waals surface area contributed by atoms with E-state index in [9.17, 15) is 9.90 Å². The maximum atomic E-state index is 12.8. The third-order valence-corrected chi connectivity index (χ3v) is 5.56. The van der Waals surface area contributed by atoms with Crippen molar-refractivity contribution in [1.29, 1.82) is 0 Å². The molecular weight excluding hydrogens is 412 g/mol. The highest BCUT2D eigenvalue weighted by Crippen LogP contribution is 2.37. The molecule has 148 valence electrons. The van der Waals surface area contributed by atoms with Crippen LogP contribution in [-0.4, -0.2) is 28.2 Å². The molecule has 0 saturated carbocycles. The Balaban J connectivity index is 1.79. The van der Waals surface area contributed by atoms with E-state index in [1.54, 1.807) is 36.5 Å². The summed E-state index contributed by atoms with van der Waals surface area (Å²) in [6.07, 6.45) is 3.45. The Hall–Kier alpha value is -3.03. The fourth-order valence-electron chi connectivity index (χ4n) is 2.95. The van der Waals surface area contributed by atoms with Gasteiger partial charge in [0.15, 0.2) is 16.5 Å². The van der Waals surface area contributed by atoms with Crippen LogP contribution >= 0.6 is 22.9 Å². The van der Waals surface area contributed by atoms with Gasteiger partial charge in [0.25, 0.3) is 5.56 Å². The number of phenolic OH excluding ortho intramolecular Hbond substituents is 1. The molecule has 0 radical (unpaired) electrons. The van der Waals surface area contributed by atoms with Crippen LogP contribution in [0.5, 0.6) is 17.2 Å². The molecule has 0 fully saturated rings. The number of halogens is 1. The molecule has 29 heavy (non-hydrogen) atoms. The molecule has 0 aliphatic rings. The van der Waals surface area contributed by atoms with Crippen LogP contribution in [-0.2, 0) is 0 Å². The molecule has 0 bridgehead atoms. The lowest BCUT2D eigenvalue weighted by Crippen LogP contribution is -2.22. The van der Waals surface area contributed by atoms with Crippen LogP contribution in [0.4, 0.5) is 0 Å². The van der Waals surface area contributed by atoms with Crippen molar-refractivity contribution in [1.82, 2.24) is 9.38 Å². The maximum absolute atomic E-state index is 12.8. The minimum absolute atomic E-state index is 0.0672. The van der Waals surface area contributed by atoms with E-state index in [1.165, 1.54) is 22.8 Å². The first-order valence-electron chi connectivity index (χ1n) is 8.83. The van der Waals surface area contributed by atoms with Gasteiger partial charge >= 0.3 is 0 Å². The molecule has 0 aliphatic carbocycles. The standard InChI is InChI=1S/C21H17ClN2O4S/c1-3-28-17-9-12(8-16(27-2)19(17)25)10-18-20(26)24-11-15(23-21(24)29-18)13-4-6-14(22)7-5-13/h4-11,25H,3H2,1-2H3/b18-10-. The molecule has 2 heterocycles. The van der Waals surface area contributed by atoms with Gasteiger partial charge in [0.1, 0.15) is 0 Å². The second-order valence-electron chi connectivity index (χ2n) is 6.20. The molecule has 2 aromatic carbocycles. The summed E-state index contributed by atoms with van der Waals surface area (Å²) in [5.74, 6) is 0.514. The zero-order valence-corrected chi connectivity index (χ0v) is 17.3.